The van der Waals surface area contributed by atoms with Gasteiger partial charge in [0.15, 0.2) is 6.61 Å². The molecule has 0 aromatic heterocycles. The van der Waals surface area contributed by atoms with E-state index in [1.807, 2.05) is 0 Å². The zero-order chi connectivity index (χ0) is 17.2. The molecule has 7 nitrogen and oxygen atoms in total. The van der Waals surface area contributed by atoms with Crippen molar-refractivity contribution >= 4 is 11.9 Å². The van der Waals surface area contributed by atoms with Gasteiger partial charge in [-0.3, -0.25) is 4.79 Å². The van der Waals surface area contributed by atoms with Gasteiger partial charge < -0.3 is 24.3 Å². The third-order valence-electron chi connectivity index (χ3n) is 3.51. The monoisotopic (exact) mass is 337 g/mol. The summed E-state index contributed by atoms with van der Waals surface area (Å²) in [7, 11) is 1.54. The van der Waals surface area contributed by atoms with Gasteiger partial charge in [0.1, 0.15) is 12.4 Å². The van der Waals surface area contributed by atoms with Crippen LogP contribution in [0.25, 0.3) is 0 Å². The van der Waals surface area contributed by atoms with Crippen LogP contribution in [0.3, 0.4) is 0 Å². The summed E-state index contributed by atoms with van der Waals surface area (Å²) in [5, 5.41) is 2.57. The third kappa shape index (κ3) is 6.17. The molecule has 1 heterocycles. The maximum atomic E-state index is 11.9. The number of nitrogens with one attached hydrogen (secondary N) is 1. The van der Waals surface area contributed by atoms with E-state index in [-0.39, 0.29) is 18.6 Å². The Morgan fingerprint density at radius 3 is 2.75 bits per heavy atom. The molecular weight excluding hydrogens is 314 g/mol. The van der Waals surface area contributed by atoms with Crippen LogP contribution in [0, 0.1) is 0 Å². The van der Waals surface area contributed by atoms with Gasteiger partial charge in [-0.2, -0.15) is 0 Å². The first-order valence-corrected chi connectivity index (χ1v) is 7.96. The fourth-order valence-corrected chi connectivity index (χ4v) is 2.21. The van der Waals surface area contributed by atoms with Gasteiger partial charge in [0.25, 0.3) is 5.91 Å². The summed E-state index contributed by atoms with van der Waals surface area (Å²) in [5.74, 6) is -0.251. The molecule has 1 aromatic rings. The van der Waals surface area contributed by atoms with E-state index in [1.54, 1.807) is 31.4 Å². The van der Waals surface area contributed by atoms with Crippen molar-refractivity contribution in [3.05, 3.63) is 29.8 Å². The van der Waals surface area contributed by atoms with Crippen molar-refractivity contribution in [3.8, 4) is 5.75 Å². The summed E-state index contributed by atoms with van der Waals surface area (Å²) < 4.78 is 20.9. The van der Waals surface area contributed by atoms with Crippen molar-refractivity contribution in [1.29, 1.82) is 0 Å². The Balaban J connectivity index is 1.71. The Morgan fingerprint density at radius 2 is 2.08 bits per heavy atom. The molecule has 0 aliphatic carbocycles. The van der Waals surface area contributed by atoms with Crippen molar-refractivity contribution in [2.45, 2.75) is 18.9 Å². The number of ether oxygens (including phenoxy) is 4. The molecule has 132 valence electrons. The predicted molar refractivity (Wildman–Crippen MR) is 86.1 cm³/mol. The average Bonchev–Trinajstić information content (AvgIpc) is 3.12. The van der Waals surface area contributed by atoms with E-state index in [0.29, 0.717) is 31.1 Å². The molecule has 1 amide bonds. The van der Waals surface area contributed by atoms with E-state index < -0.39 is 5.97 Å². The second kappa shape index (κ2) is 9.89. The molecular formula is C17H23NO6. The molecule has 2 rings (SSSR count). The van der Waals surface area contributed by atoms with E-state index in [1.165, 1.54) is 0 Å². The average molecular weight is 337 g/mol. The van der Waals surface area contributed by atoms with Crippen molar-refractivity contribution in [3.63, 3.8) is 0 Å². The van der Waals surface area contributed by atoms with Gasteiger partial charge in [-0.1, -0.05) is 0 Å². The number of amides is 1. The number of carbonyl (C=O) groups excluding carboxylic acids is 2. The largest absolute Gasteiger partial charge is 0.491 e. The summed E-state index contributed by atoms with van der Waals surface area (Å²) in [4.78, 5) is 23.3. The predicted octanol–water partition coefficient (Wildman–Crippen LogP) is 1.16. The molecule has 1 N–H and O–H groups in total. The number of esters is 1. The molecule has 1 aliphatic heterocycles. The second-order valence-electron chi connectivity index (χ2n) is 5.39. The zero-order valence-corrected chi connectivity index (χ0v) is 13.8. The quantitative estimate of drug-likeness (QED) is 0.538. The van der Waals surface area contributed by atoms with Crippen LogP contribution in [0.4, 0.5) is 0 Å². The van der Waals surface area contributed by atoms with Crippen LogP contribution in [-0.4, -0.2) is 58.1 Å². The first-order chi connectivity index (χ1) is 11.7. The molecule has 24 heavy (non-hydrogen) atoms. The smallest absolute Gasteiger partial charge is 0.338 e. The number of methoxy groups -OCH3 is 1. The molecule has 0 radical (unpaired) electrons. The van der Waals surface area contributed by atoms with Crippen LogP contribution in [-0.2, 0) is 19.0 Å². The lowest BCUT2D eigenvalue weighted by Gasteiger charge is -2.11. The van der Waals surface area contributed by atoms with Gasteiger partial charge in [-0.25, -0.2) is 4.79 Å². The third-order valence-corrected chi connectivity index (χ3v) is 3.51. The van der Waals surface area contributed by atoms with Crippen molar-refractivity contribution < 1.29 is 28.5 Å². The highest BCUT2D eigenvalue weighted by molar-refractivity contribution is 5.91. The molecule has 1 aromatic carbocycles. The van der Waals surface area contributed by atoms with E-state index in [0.717, 1.165) is 19.4 Å². The Kier molecular flexibility index (Phi) is 7.51. The van der Waals surface area contributed by atoms with Crippen LogP contribution in [0.5, 0.6) is 5.75 Å². The van der Waals surface area contributed by atoms with Crippen LogP contribution < -0.4 is 10.1 Å². The second-order valence-corrected chi connectivity index (χ2v) is 5.39. The minimum absolute atomic E-state index is 0.145. The lowest BCUT2D eigenvalue weighted by atomic mass is 10.2. The molecule has 7 heteroatoms. The fraction of sp³-hybridized carbons (Fsp3) is 0.529. The number of hydrogen-bond donors (Lipinski definition) is 1. The molecule has 1 aliphatic rings. The van der Waals surface area contributed by atoms with Gasteiger partial charge in [0, 0.05) is 20.3 Å². The van der Waals surface area contributed by atoms with Crippen LogP contribution in [0.1, 0.15) is 23.2 Å². The molecule has 1 atom stereocenters. The maximum absolute atomic E-state index is 11.9. The topological polar surface area (TPSA) is 83.1 Å². The Bertz CT molecular complexity index is 524. The molecule has 0 unspecified atom stereocenters. The van der Waals surface area contributed by atoms with Crippen LogP contribution >= 0.6 is 0 Å². The molecule has 1 fully saturated rings. The highest BCUT2D eigenvalue weighted by Gasteiger charge is 2.16. The normalized spacial score (nSPS) is 16.6. The Hall–Kier alpha value is -2.12. The van der Waals surface area contributed by atoms with Crippen molar-refractivity contribution in [2.24, 2.45) is 0 Å². The van der Waals surface area contributed by atoms with Gasteiger partial charge in [-0.05, 0) is 37.1 Å². The lowest BCUT2D eigenvalue weighted by Crippen LogP contribution is -2.31. The Labute approximate surface area is 141 Å². The SMILES string of the molecule is COCCNC(=O)COC(=O)c1ccc(OC[C@H]2CCCO2)cc1. The maximum Gasteiger partial charge on any atom is 0.338 e. The standard InChI is InChI=1S/C17H23NO6/c1-21-10-8-18-16(19)12-24-17(20)13-4-6-14(7-5-13)23-11-15-3-2-9-22-15/h4-7,15H,2-3,8-12H2,1H3,(H,18,19)/t15-/m1/s1. The summed E-state index contributed by atoms with van der Waals surface area (Å²) in [5.41, 5.74) is 0.365. The minimum Gasteiger partial charge on any atom is -0.491 e. The minimum atomic E-state index is -0.553. The highest BCUT2D eigenvalue weighted by Crippen LogP contribution is 2.17. The fourth-order valence-electron chi connectivity index (χ4n) is 2.21. The first-order valence-electron chi connectivity index (χ1n) is 7.96. The number of carbonyl (C=O) groups is 2. The van der Waals surface area contributed by atoms with E-state index in [4.69, 9.17) is 18.9 Å². The Morgan fingerprint density at radius 1 is 1.29 bits per heavy atom. The number of hydrogen-bond acceptors (Lipinski definition) is 6. The van der Waals surface area contributed by atoms with Crippen LogP contribution in [0.2, 0.25) is 0 Å². The number of rotatable bonds is 9. The van der Waals surface area contributed by atoms with Gasteiger partial charge in [0.2, 0.25) is 0 Å². The van der Waals surface area contributed by atoms with Crippen LogP contribution in [0.15, 0.2) is 24.3 Å². The lowest BCUT2D eigenvalue weighted by molar-refractivity contribution is -0.124. The summed E-state index contributed by atoms with van der Waals surface area (Å²) >= 11 is 0. The summed E-state index contributed by atoms with van der Waals surface area (Å²) in [6.45, 7) is 1.76. The van der Waals surface area contributed by atoms with Crippen molar-refractivity contribution in [2.75, 3.05) is 40.1 Å². The summed E-state index contributed by atoms with van der Waals surface area (Å²) in [6.07, 6.45) is 2.22. The molecule has 0 spiro atoms. The van der Waals surface area contributed by atoms with E-state index in [9.17, 15) is 9.59 Å². The zero-order valence-electron chi connectivity index (χ0n) is 13.8. The van der Waals surface area contributed by atoms with E-state index in [2.05, 4.69) is 5.32 Å². The molecule has 0 saturated carbocycles. The van der Waals surface area contributed by atoms with E-state index >= 15 is 0 Å². The number of benzene rings is 1. The summed E-state index contributed by atoms with van der Waals surface area (Å²) in [6, 6.07) is 6.61. The molecule has 0 bridgehead atoms. The van der Waals surface area contributed by atoms with Gasteiger partial charge >= 0.3 is 5.97 Å². The highest BCUT2D eigenvalue weighted by atomic mass is 16.5. The van der Waals surface area contributed by atoms with Gasteiger partial charge in [-0.15, -0.1) is 0 Å². The first kappa shape index (κ1) is 18.2. The molecule has 1 saturated heterocycles. The van der Waals surface area contributed by atoms with Crippen molar-refractivity contribution in [1.82, 2.24) is 5.32 Å². The van der Waals surface area contributed by atoms with Gasteiger partial charge in [0.05, 0.1) is 18.3 Å².